The Labute approximate surface area is 170 Å². The highest BCUT2D eigenvalue weighted by molar-refractivity contribution is 6.62. The van der Waals surface area contributed by atoms with Gasteiger partial charge in [0.25, 0.3) is 0 Å². The molecule has 28 heavy (non-hydrogen) atoms. The van der Waals surface area contributed by atoms with Crippen molar-refractivity contribution in [2.75, 3.05) is 0 Å². The summed E-state index contributed by atoms with van der Waals surface area (Å²) in [7, 11) is -0.378. The standard InChI is InChI=1S/C24H32BNO2/c1-8-10-18(9-2)21-15-19(12-11-17(21)3)22-14-13-20(16-26-22)25-27-23(4,5)24(6,7)28-25/h8,11-16,18H,1,9-10H2,2-7H3. The number of benzene rings is 1. The molecular weight excluding hydrogens is 345 g/mol. The van der Waals surface area contributed by atoms with E-state index in [2.05, 4.69) is 78.5 Å². The highest BCUT2D eigenvalue weighted by Crippen LogP contribution is 2.36. The minimum absolute atomic E-state index is 0.345. The monoisotopic (exact) mass is 377 g/mol. The van der Waals surface area contributed by atoms with Gasteiger partial charge in [0.1, 0.15) is 0 Å². The van der Waals surface area contributed by atoms with E-state index in [1.165, 1.54) is 11.1 Å². The van der Waals surface area contributed by atoms with Crippen molar-refractivity contribution >= 4 is 12.6 Å². The molecule has 1 aliphatic heterocycles. The van der Waals surface area contributed by atoms with Crippen molar-refractivity contribution in [2.24, 2.45) is 0 Å². The molecule has 0 bridgehead atoms. The summed E-state index contributed by atoms with van der Waals surface area (Å²) in [6, 6.07) is 10.7. The van der Waals surface area contributed by atoms with Crippen LogP contribution >= 0.6 is 0 Å². The van der Waals surface area contributed by atoms with E-state index < -0.39 is 0 Å². The lowest BCUT2D eigenvalue weighted by Crippen LogP contribution is -2.41. The average Bonchev–Trinajstić information content (AvgIpc) is 2.88. The van der Waals surface area contributed by atoms with Gasteiger partial charge >= 0.3 is 7.12 Å². The third-order valence-electron chi connectivity index (χ3n) is 6.27. The largest absolute Gasteiger partial charge is 0.496 e. The first-order valence-corrected chi connectivity index (χ1v) is 10.2. The number of aryl methyl sites for hydroxylation is 1. The van der Waals surface area contributed by atoms with Gasteiger partial charge in [0.2, 0.25) is 0 Å². The molecule has 1 atom stereocenters. The number of rotatable bonds is 6. The normalized spacial score (nSPS) is 18.9. The fraction of sp³-hybridized carbons (Fsp3) is 0.458. The van der Waals surface area contributed by atoms with Crippen LogP contribution in [-0.4, -0.2) is 23.3 Å². The van der Waals surface area contributed by atoms with Gasteiger partial charge in [0, 0.05) is 17.2 Å². The number of pyridine rings is 1. The van der Waals surface area contributed by atoms with Crippen LogP contribution < -0.4 is 5.46 Å². The Balaban J connectivity index is 1.85. The molecule has 0 radical (unpaired) electrons. The smallest absolute Gasteiger partial charge is 0.399 e. The van der Waals surface area contributed by atoms with Crippen LogP contribution in [0.15, 0.2) is 49.2 Å². The first-order valence-electron chi connectivity index (χ1n) is 10.2. The van der Waals surface area contributed by atoms with E-state index >= 15 is 0 Å². The molecule has 1 unspecified atom stereocenters. The van der Waals surface area contributed by atoms with Crippen LogP contribution in [-0.2, 0) is 9.31 Å². The van der Waals surface area contributed by atoms with Gasteiger partial charge in [0.05, 0.1) is 16.9 Å². The van der Waals surface area contributed by atoms with Crippen LogP contribution in [0.4, 0.5) is 0 Å². The Morgan fingerprint density at radius 1 is 1.11 bits per heavy atom. The van der Waals surface area contributed by atoms with E-state index in [9.17, 15) is 0 Å². The van der Waals surface area contributed by atoms with E-state index in [1.54, 1.807) is 0 Å². The van der Waals surface area contributed by atoms with Crippen LogP contribution in [0.2, 0.25) is 0 Å². The zero-order chi connectivity index (χ0) is 20.5. The molecule has 0 saturated carbocycles. The minimum atomic E-state index is -0.378. The molecule has 0 spiro atoms. The van der Waals surface area contributed by atoms with E-state index in [-0.39, 0.29) is 18.3 Å². The molecular formula is C24H32BNO2. The Hall–Kier alpha value is -1.91. The van der Waals surface area contributed by atoms with Crippen LogP contribution in [0, 0.1) is 6.92 Å². The average molecular weight is 377 g/mol. The molecule has 2 heterocycles. The highest BCUT2D eigenvalue weighted by Gasteiger charge is 2.51. The Morgan fingerprint density at radius 2 is 1.79 bits per heavy atom. The second-order valence-corrected chi connectivity index (χ2v) is 8.77. The summed E-state index contributed by atoms with van der Waals surface area (Å²) in [5, 5.41) is 0. The van der Waals surface area contributed by atoms with Crippen molar-refractivity contribution in [3.63, 3.8) is 0 Å². The Bertz CT molecular complexity index is 826. The molecule has 1 fully saturated rings. The zero-order valence-electron chi connectivity index (χ0n) is 18.1. The van der Waals surface area contributed by atoms with Crippen LogP contribution in [0.3, 0.4) is 0 Å². The van der Waals surface area contributed by atoms with Crippen LogP contribution in [0.1, 0.15) is 64.5 Å². The van der Waals surface area contributed by atoms with Crippen molar-refractivity contribution in [2.45, 2.75) is 71.5 Å². The third-order valence-corrected chi connectivity index (χ3v) is 6.27. The number of hydrogen-bond donors (Lipinski definition) is 0. The molecule has 148 valence electrons. The molecule has 1 aromatic heterocycles. The quantitative estimate of drug-likeness (QED) is 0.497. The Morgan fingerprint density at radius 3 is 2.32 bits per heavy atom. The predicted octanol–water partition coefficient (Wildman–Crippen LogP) is 5.43. The molecule has 0 N–H and O–H groups in total. The summed E-state index contributed by atoms with van der Waals surface area (Å²) in [4.78, 5) is 4.71. The maximum absolute atomic E-state index is 6.13. The number of allylic oxidation sites excluding steroid dienone is 1. The van der Waals surface area contributed by atoms with Gasteiger partial charge in [-0.1, -0.05) is 31.2 Å². The van der Waals surface area contributed by atoms with E-state index in [0.29, 0.717) is 5.92 Å². The maximum Gasteiger partial charge on any atom is 0.496 e. The topological polar surface area (TPSA) is 31.4 Å². The lowest BCUT2D eigenvalue weighted by molar-refractivity contribution is 0.00578. The SMILES string of the molecule is C=CCC(CC)c1cc(-c2ccc(B3OC(C)(C)C(C)(C)O3)cn2)ccc1C. The van der Waals surface area contributed by atoms with E-state index in [1.807, 2.05) is 12.3 Å². The minimum Gasteiger partial charge on any atom is -0.399 e. The molecule has 0 aliphatic carbocycles. The van der Waals surface area contributed by atoms with Gasteiger partial charge in [0.15, 0.2) is 0 Å². The molecule has 3 nitrogen and oxygen atoms in total. The maximum atomic E-state index is 6.13. The van der Waals surface area contributed by atoms with Gasteiger partial charge in [-0.05, 0) is 76.6 Å². The second-order valence-electron chi connectivity index (χ2n) is 8.77. The third kappa shape index (κ3) is 3.94. The van der Waals surface area contributed by atoms with E-state index in [0.717, 1.165) is 29.6 Å². The van der Waals surface area contributed by atoms with Crippen molar-refractivity contribution in [1.29, 1.82) is 0 Å². The van der Waals surface area contributed by atoms with Gasteiger partial charge in [-0.3, -0.25) is 4.98 Å². The zero-order valence-corrected chi connectivity index (χ0v) is 18.1. The number of nitrogens with zero attached hydrogens (tertiary/aromatic N) is 1. The summed E-state index contributed by atoms with van der Waals surface area (Å²) in [6.07, 6.45) is 5.98. The number of hydrogen-bond acceptors (Lipinski definition) is 3. The summed E-state index contributed by atoms with van der Waals surface area (Å²) in [5.41, 5.74) is 5.08. The summed E-state index contributed by atoms with van der Waals surface area (Å²) in [5.74, 6) is 0.501. The van der Waals surface area contributed by atoms with E-state index in [4.69, 9.17) is 14.3 Å². The summed E-state index contributed by atoms with van der Waals surface area (Å²) < 4.78 is 12.3. The fourth-order valence-electron chi connectivity index (χ4n) is 3.65. The van der Waals surface area contributed by atoms with Crippen molar-refractivity contribution in [3.8, 4) is 11.3 Å². The molecule has 4 heteroatoms. The van der Waals surface area contributed by atoms with Crippen LogP contribution in [0.5, 0.6) is 0 Å². The van der Waals surface area contributed by atoms with Crippen molar-refractivity contribution in [1.82, 2.24) is 4.98 Å². The van der Waals surface area contributed by atoms with Gasteiger partial charge in [-0.25, -0.2) is 0 Å². The van der Waals surface area contributed by atoms with Gasteiger partial charge < -0.3 is 9.31 Å². The Kier molecular flexibility index (Phi) is 5.83. The molecule has 2 aromatic rings. The van der Waals surface area contributed by atoms with Crippen LogP contribution in [0.25, 0.3) is 11.3 Å². The lowest BCUT2D eigenvalue weighted by Gasteiger charge is -2.32. The lowest BCUT2D eigenvalue weighted by atomic mass is 9.80. The number of aromatic nitrogens is 1. The van der Waals surface area contributed by atoms with Crippen molar-refractivity contribution < 1.29 is 9.31 Å². The predicted molar refractivity (Wildman–Crippen MR) is 118 cm³/mol. The second kappa shape index (κ2) is 7.84. The first-order chi connectivity index (χ1) is 13.2. The summed E-state index contributed by atoms with van der Waals surface area (Å²) in [6.45, 7) is 16.6. The summed E-state index contributed by atoms with van der Waals surface area (Å²) >= 11 is 0. The first kappa shape index (κ1) is 20.8. The molecule has 1 aromatic carbocycles. The highest BCUT2D eigenvalue weighted by atomic mass is 16.7. The van der Waals surface area contributed by atoms with Crippen molar-refractivity contribution in [3.05, 3.63) is 60.3 Å². The fourth-order valence-corrected chi connectivity index (χ4v) is 3.65. The molecule has 3 rings (SSSR count). The molecule has 1 saturated heterocycles. The van der Waals surface area contributed by atoms with Gasteiger partial charge in [-0.2, -0.15) is 0 Å². The molecule has 1 aliphatic rings. The van der Waals surface area contributed by atoms with Gasteiger partial charge in [-0.15, -0.1) is 6.58 Å². The molecule has 0 amide bonds.